The Labute approximate surface area is 172 Å². The first-order valence-electron chi connectivity index (χ1n) is 9.35. The summed E-state index contributed by atoms with van der Waals surface area (Å²) in [5, 5.41) is 4.76. The Hall–Kier alpha value is -2.99. The van der Waals surface area contributed by atoms with Crippen molar-refractivity contribution < 1.29 is 18.7 Å². The number of halogens is 1. The number of rotatable bonds is 5. The van der Waals surface area contributed by atoms with Crippen LogP contribution in [0.5, 0.6) is 5.75 Å². The summed E-state index contributed by atoms with van der Waals surface area (Å²) in [7, 11) is 0. The minimum atomic E-state index is -0.402. The first-order chi connectivity index (χ1) is 13.9. The summed E-state index contributed by atoms with van der Waals surface area (Å²) in [4.78, 5) is 24.6. The second kappa shape index (κ2) is 7.79. The van der Waals surface area contributed by atoms with Crippen molar-refractivity contribution in [1.29, 1.82) is 0 Å². The molecule has 0 bridgehead atoms. The summed E-state index contributed by atoms with van der Waals surface area (Å²) in [6, 6.07) is 11.9. The number of thiophene rings is 1. The van der Waals surface area contributed by atoms with E-state index in [0.29, 0.717) is 40.3 Å². The van der Waals surface area contributed by atoms with Crippen molar-refractivity contribution in [2.45, 2.75) is 26.4 Å². The van der Waals surface area contributed by atoms with E-state index in [2.05, 4.69) is 5.32 Å². The van der Waals surface area contributed by atoms with Crippen LogP contribution in [0.3, 0.4) is 0 Å². The van der Waals surface area contributed by atoms with Crippen LogP contribution >= 0.6 is 11.3 Å². The number of amides is 1. The maximum Gasteiger partial charge on any atom is 0.261 e. The molecule has 0 saturated heterocycles. The van der Waals surface area contributed by atoms with Crippen LogP contribution < -0.4 is 10.1 Å². The number of hydrogen-bond donors (Lipinski definition) is 1. The van der Waals surface area contributed by atoms with Crippen molar-refractivity contribution in [2.75, 3.05) is 6.54 Å². The van der Waals surface area contributed by atoms with E-state index in [1.807, 2.05) is 30.5 Å². The van der Waals surface area contributed by atoms with Gasteiger partial charge >= 0.3 is 0 Å². The van der Waals surface area contributed by atoms with Gasteiger partial charge in [-0.3, -0.25) is 9.59 Å². The molecule has 4 rings (SSSR count). The van der Waals surface area contributed by atoms with Gasteiger partial charge < -0.3 is 10.1 Å². The smallest absolute Gasteiger partial charge is 0.261 e. The van der Waals surface area contributed by atoms with E-state index in [1.54, 1.807) is 12.1 Å². The van der Waals surface area contributed by atoms with Gasteiger partial charge in [0.2, 0.25) is 0 Å². The molecule has 1 N–H and O–H groups in total. The molecule has 1 aromatic heterocycles. The maximum absolute atomic E-state index is 14.6. The van der Waals surface area contributed by atoms with Crippen LogP contribution in [-0.4, -0.2) is 24.3 Å². The number of fused-ring (bicyclic) bond motifs is 1. The van der Waals surface area contributed by atoms with Crippen molar-refractivity contribution in [3.8, 4) is 16.9 Å². The summed E-state index contributed by atoms with van der Waals surface area (Å²) in [5.41, 5.74) is 3.39. The molecule has 1 atom stereocenters. The number of ether oxygens (including phenoxy) is 1. The highest BCUT2D eigenvalue weighted by Crippen LogP contribution is 2.41. The van der Waals surface area contributed by atoms with Crippen molar-refractivity contribution in [3.63, 3.8) is 0 Å². The second-order valence-electron chi connectivity index (χ2n) is 7.18. The molecular weight excluding hydrogens is 389 g/mol. The lowest BCUT2D eigenvalue weighted by Gasteiger charge is -2.14. The molecule has 1 amide bonds. The molecular formula is C23H20FNO3S. The van der Waals surface area contributed by atoms with E-state index in [4.69, 9.17) is 4.74 Å². The first-order valence-corrected chi connectivity index (χ1v) is 10.2. The summed E-state index contributed by atoms with van der Waals surface area (Å²) < 4.78 is 20.7. The third kappa shape index (κ3) is 3.93. The predicted molar refractivity (Wildman–Crippen MR) is 111 cm³/mol. The summed E-state index contributed by atoms with van der Waals surface area (Å²) in [6.45, 7) is 3.77. The highest BCUT2D eigenvalue weighted by Gasteiger charge is 2.28. The van der Waals surface area contributed by atoms with E-state index in [1.165, 1.54) is 30.4 Å². The van der Waals surface area contributed by atoms with Gasteiger partial charge in [0.15, 0.2) is 5.78 Å². The van der Waals surface area contributed by atoms with Gasteiger partial charge in [-0.2, -0.15) is 0 Å². The molecule has 3 aromatic rings. The van der Waals surface area contributed by atoms with Crippen LogP contribution in [0.1, 0.15) is 38.1 Å². The standard InChI is InChI=1S/C23H20FNO3S/c1-13-8-16-10-17(12-25-23(27)21-4-3-7-29-21)28-22(16)19(9-13)18-11-15(14(2)26)5-6-20(18)24/h3-9,11,17H,10,12H2,1-2H3,(H,25,27)/t17-/m1/s1. The zero-order chi connectivity index (χ0) is 20.5. The summed E-state index contributed by atoms with van der Waals surface area (Å²) >= 11 is 1.39. The Morgan fingerprint density at radius 2 is 2.03 bits per heavy atom. The van der Waals surface area contributed by atoms with Gasteiger partial charge in [-0.05, 0) is 60.7 Å². The van der Waals surface area contributed by atoms with Gasteiger partial charge in [0.1, 0.15) is 17.7 Å². The molecule has 0 spiro atoms. The second-order valence-corrected chi connectivity index (χ2v) is 8.13. The van der Waals surface area contributed by atoms with E-state index in [-0.39, 0.29) is 17.8 Å². The Morgan fingerprint density at radius 3 is 2.76 bits per heavy atom. The van der Waals surface area contributed by atoms with E-state index in [9.17, 15) is 14.0 Å². The Morgan fingerprint density at radius 1 is 1.21 bits per heavy atom. The largest absolute Gasteiger partial charge is 0.487 e. The van der Waals surface area contributed by atoms with Crippen LogP contribution in [0.15, 0.2) is 47.8 Å². The predicted octanol–water partition coefficient (Wildman–Crippen LogP) is 4.80. The van der Waals surface area contributed by atoms with Crippen LogP contribution in [0.2, 0.25) is 0 Å². The maximum atomic E-state index is 14.6. The SMILES string of the molecule is CC(=O)c1ccc(F)c(-c2cc(C)cc3c2O[C@@H](CNC(=O)c2cccs2)C3)c1. The van der Waals surface area contributed by atoms with Crippen molar-refractivity contribution in [2.24, 2.45) is 0 Å². The minimum absolute atomic E-state index is 0.120. The number of carbonyl (C=O) groups is 2. The number of hydrogen-bond acceptors (Lipinski definition) is 4. The van der Waals surface area contributed by atoms with Crippen molar-refractivity contribution in [1.82, 2.24) is 5.32 Å². The Bertz CT molecular complexity index is 1090. The Kier molecular flexibility index (Phi) is 5.20. The number of benzene rings is 2. The molecule has 0 aliphatic carbocycles. The monoisotopic (exact) mass is 409 g/mol. The average molecular weight is 409 g/mol. The summed E-state index contributed by atoms with van der Waals surface area (Å²) in [6.07, 6.45) is 0.400. The normalized spacial score (nSPS) is 14.9. The fourth-order valence-electron chi connectivity index (χ4n) is 3.56. The number of nitrogens with one attached hydrogen (secondary N) is 1. The molecule has 2 aromatic carbocycles. The van der Waals surface area contributed by atoms with Crippen LogP contribution in [-0.2, 0) is 6.42 Å². The van der Waals surface area contributed by atoms with E-state index < -0.39 is 5.82 Å². The lowest BCUT2D eigenvalue weighted by Crippen LogP contribution is -2.34. The number of ketones is 1. The highest BCUT2D eigenvalue weighted by molar-refractivity contribution is 7.12. The third-order valence-corrected chi connectivity index (χ3v) is 5.81. The lowest BCUT2D eigenvalue weighted by atomic mass is 9.95. The molecule has 148 valence electrons. The van der Waals surface area contributed by atoms with Gasteiger partial charge in [0.25, 0.3) is 5.91 Å². The van der Waals surface area contributed by atoms with Gasteiger partial charge in [0.05, 0.1) is 11.4 Å². The number of aryl methyl sites for hydroxylation is 1. The molecule has 2 heterocycles. The fourth-order valence-corrected chi connectivity index (χ4v) is 4.20. The van der Waals surface area contributed by atoms with Gasteiger partial charge in [0, 0.05) is 23.1 Å². The van der Waals surface area contributed by atoms with E-state index >= 15 is 0 Å². The first kappa shape index (κ1) is 19.3. The molecule has 1 aliphatic heterocycles. The number of Topliss-reactive ketones (excluding diaryl/α,β-unsaturated/α-hetero) is 1. The van der Waals surface area contributed by atoms with Crippen molar-refractivity contribution >= 4 is 23.0 Å². The van der Waals surface area contributed by atoms with Crippen LogP contribution in [0.4, 0.5) is 4.39 Å². The minimum Gasteiger partial charge on any atom is -0.487 e. The third-order valence-electron chi connectivity index (χ3n) is 4.94. The van der Waals surface area contributed by atoms with E-state index in [0.717, 1.165) is 11.1 Å². The Balaban J connectivity index is 1.59. The topological polar surface area (TPSA) is 55.4 Å². The average Bonchev–Trinajstić information content (AvgIpc) is 3.35. The lowest BCUT2D eigenvalue weighted by molar-refractivity contribution is 0.0937. The molecule has 0 unspecified atom stereocenters. The zero-order valence-corrected chi connectivity index (χ0v) is 16.9. The van der Waals surface area contributed by atoms with Crippen molar-refractivity contribution in [3.05, 3.63) is 75.2 Å². The molecule has 6 heteroatoms. The van der Waals surface area contributed by atoms with Crippen LogP contribution in [0, 0.1) is 12.7 Å². The molecule has 29 heavy (non-hydrogen) atoms. The fraction of sp³-hybridized carbons (Fsp3) is 0.217. The zero-order valence-electron chi connectivity index (χ0n) is 16.1. The van der Waals surface area contributed by atoms with Gasteiger partial charge in [-0.15, -0.1) is 11.3 Å². The summed E-state index contributed by atoms with van der Waals surface area (Å²) in [5.74, 6) is -0.0341. The highest BCUT2D eigenvalue weighted by atomic mass is 32.1. The van der Waals surface area contributed by atoms with Gasteiger partial charge in [-0.25, -0.2) is 4.39 Å². The van der Waals surface area contributed by atoms with Gasteiger partial charge in [-0.1, -0.05) is 12.1 Å². The molecule has 4 nitrogen and oxygen atoms in total. The molecule has 0 fully saturated rings. The number of carbonyl (C=O) groups excluding carboxylic acids is 2. The molecule has 0 radical (unpaired) electrons. The van der Waals surface area contributed by atoms with Crippen LogP contribution in [0.25, 0.3) is 11.1 Å². The quantitative estimate of drug-likeness (QED) is 0.616. The molecule has 1 aliphatic rings. The molecule has 0 saturated carbocycles.